The van der Waals surface area contributed by atoms with Crippen molar-refractivity contribution in [1.82, 2.24) is 0 Å². The monoisotopic (exact) mass is 505 g/mol. The van der Waals surface area contributed by atoms with E-state index >= 15 is 0 Å². The van der Waals surface area contributed by atoms with Gasteiger partial charge in [0.15, 0.2) is 11.6 Å². The van der Waals surface area contributed by atoms with E-state index in [1.54, 1.807) is 0 Å². The molecule has 1 aromatic carbocycles. The topological polar surface area (TPSA) is 12.5 Å². The summed E-state index contributed by atoms with van der Waals surface area (Å²) in [7, 11) is 8.57. The van der Waals surface area contributed by atoms with Gasteiger partial charge in [-0.25, -0.2) is 0 Å². The Balaban J connectivity index is 0. The molecule has 0 bridgehead atoms. The van der Waals surface area contributed by atoms with Crippen LogP contribution in [0.2, 0.25) is 0 Å². The van der Waals surface area contributed by atoms with Crippen LogP contribution in [-0.4, -0.2) is 39.2 Å². The second-order valence-corrected chi connectivity index (χ2v) is 5.54. The zero-order valence-corrected chi connectivity index (χ0v) is 17.7. The van der Waals surface area contributed by atoms with Crippen LogP contribution >= 0.6 is 48.0 Å². The van der Waals surface area contributed by atoms with Gasteiger partial charge in [0.1, 0.15) is 0 Å². The second kappa shape index (κ2) is 9.83. The maximum absolute atomic E-state index is 5.35. The van der Waals surface area contributed by atoms with Gasteiger partial charge in [0.05, 0.1) is 33.4 Å². The molecule has 1 heterocycles. The predicted molar refractivity (Wildman–Crippen MR) is 109 cm³/mol. The quantitative estimate of drug-likeness (QED) is 0.439. The first-order chi connectivity index (χ1) is 8.35. The first-order valence-corrected chi connectivity index (χ1v) is 6.35. The maximum atomic E-state index is 5.35. The summed E-state index contributed by atoms with van der Waals surface area (Å²) in [5.41, 5.74) is 1.08. The lowest BCUT2D eigenvalue weighted by molar-refractivity contribution is -0.870. The number of halogens is 2. The molecule has 0 spiro atoms. The molecular weight excluding hydrogens is 478 g/mol. The molecule has 1 aliphatic heterocycles. The molecule has 0 amide bonds. The lowest BCUT2D eigenvalue weighted by Crippen LogP contribution is -2.34. The molecule has 0 unspecified atom stereocenters. The summed E-state index contributed by atoms with van der Waals surface area (Å²) in [6.07, 6.45) is 1.28. The summed E-state index contributed by atoms with van der Waals surface area (Å²) in [6, 6.07) is 7.88. The van der Waals surface area contributed by atoms with Gasteiger partial charge in [0.2, 0.25) is 0 Å². The van der Waals surface area contributed by atoms with Crippen LogP contribution in [0.25, 0.3) is 0 Å². The van der Waals surface area contributed by atoms with E-state index in [4.69, 9.17) is 4.74 Å². The number of ether oxygens (including phenoxy) is 1. The van der Waals surface area contributed by atoms with Crippen molar-refractivity contribution in [3.8, 4) is 5.75 Å². The molecule has 1 aliphatic rings. The minimum Gasteiger partial charge on any atom is -0.439 e. The summed E-state index contributed by atoms with van der Waals surface area (Å²) >= 11 is 0. The number of anilines is 1. The Kier molecular flexibility index (Phi) is 10.9. The van der Waals surface area contributed by atoms with Gasteiger partial charge in [-0.1, -0.05) is 19.1 Å². The third-order valence-corrected chi connectivity index (χ3v) is 2.72. The number of rotatable bonds is 2. The highest BCUT2D eigenvalue weighted by atomic mass is 127. The van der Waals surface area contributed by atoms with Crippen LogP contribution in [0.5, 0.6) is 5.75 Å². The minimum absolute atomic E-state index is 0. The van der Waals surface area contributed by atoms with Crippen LogP contribution in [0.4, 0.5) is 5.69 Å². The lowest BCUT2D eigenvalue weighted by Gasteiger charge is -2.22. The molecule has 116 valence electrons. The van der Waals surface area contributed by atoms with Gasteiger partial charge in [-0.15, -0.1) is 48.0 Å². The van der Waals surface area contributed by atoms with Gasteiger partial charge < -0.3 is 14.1 Å². The highest BCUT2D eigenvalue weighted by Crippen LogP contribution is 2.36. The first kappa shape index (κ1) is 22.3. The molecule has 0 atom stereocenters. The Morgan fingerprint density at radius 1 is 1.15 bits per heavy atom. The number of hydrogen-bond donors (Lipinski definition) is 0. The van der Waals surface area contributed by atoms with Crippen LogP contribution in [0.1, 0.15) is 13.3 Å². The summed E-state index contributed by atoms with van der Waals surface area (Å²) < 4.78 is 6.44. The third-order valence-electron chi connectivity index (χ3n) is 2.72. The Morgan fingerprint density at radius 2 is 1.70 bits per heavy atom. The largest absolute Gasteiger partial charge is 0.439 e. The van der Waals surface area contributed by atoms with Gasteiger partial charge in [0, 0.05) is 7.05 Å². The molecule has 3 nitrogen and oxygen atoms in total. The fourth-order valence-electron chi connectivity index (χ4n) is 1.82. The fourth-order valence-corrected chi connectivity index (χ4v) is 1.82. The number of nitrogens with zero attached hydrogens (tertiary/aromatic N) is 2. The van der Waals surface area contributed by atoms with E-state index in [1.165, 1.54) is 13.0 Å². The molecule has 0 saturated heterocycles. The molecule has 0 N–H and O–H groups in total. The number of quaternary nitrogens is 1. The highest BCUT2D eigenvalue weighted by Gasteiger charge is 2.19. The van der Waals surface area contributed by atoms with Gasteiger partial charge >= 0.3 is 0 Å². The molecule has 2 rings (SSSR count). The van der Waals surface area contributed by atoms with Crippen LogP contribution in [-0.2, 0) is 0 Å². The Labute approximate surface area is 157 Å². The standard InChI is InChI=1S/C9H9NO.C6H16N.2HI/c1-7-10(2)8-5-3-4-6-9(8)11-7;1-5-6-7(2,3)4;;/h3-6H,1H2,2H3;5-6H2,1-4H3;2*1H/q;+1;;. The molecule has 1 aromatic rings. The number of para-hydroxylation sites is 2. The van der Waals surface area contributed by atoms with Crippen molar-refractivity contribution in [3.63, 3.8) is 0 Å². The fraction of sp³-hybridized carbons (Fsp3) is 0.467. The zero-order valence-electron chi connectivity index (χ0n) is 13.0. The molecule has 0 fully saturated rings. The Bertz CT molecular complexity index is 417. The molecule has 20 heavy (non-hydrogen) atoms. The van der Waals surface area contributed by atoms with E-state index in [-0.39, 0.29) is 48.0 Å². The molecule has 5 heteroatoms. The van der Waals surface area contributed by atoms with E-state index in [0.29, 0.717) is 5.88 Å². The van der Waals surface area contributed by atoms with Crippen molar-refractivity contribution >= 4 is 53.6 Å². The molecule has 0 aromatic heterocycles. The predicted octanol–water partition coefficient (Wildman–Crippen LogP) is 4.33. The van der Waals surface area contributed by atoms with Crippen LogP contribution < -0.4 is 9.64 Å². The van der Waals surface area contributed by atoms with Crippen LogP contribution in [0, 0.1) is 0 Å². The van der Waals surface area contributed by atoms with E-state index in [9.17, 15) is 0 Å². The minimum atomic E-state index is 0. The van der Waals surface area contributed by atoms with Crippen molar-refractivity contribution in [2.75, 3.05) is 39.6 Å². The average Bonchev–Trinajstić information content (AvgIpc) is 2.55. The van der Waals surface area contributed by atoms with E-state index in [0.717, 1.165) is 15.9 Å². The average molecular weight is 505 g/mol. The van der Waals surface area contributed by atoms with Gasteiger partial charge in [-0.05, 0) is 25.1 Å². The summed E-state index contributed by atoms with van der Waals surface area (Å²) in [6.45, 7) is 7.24. The van der Waals surface area contributed by atoms with Crippen molar-refractivity contribution in [2.45, 2.75) is 13.3 Å². The zero-order chi connectivity index (χ0) is 13.8. The lowest BCUT2D eigenvalue weighted by atomic mass is 10.3. The van der Waals surface area contributed by atoms with Gasteiger partial charge in [-0.3, -0.25) is 0 Å². The van der Waals surface area contributed by atoms with E-state index in [1.807, 2.05) is 36.2 Å². The van der Waals surface area contributed by atoms with Crippen molar-refractivity contribution in [1.29, 1.82) is 0 Å². The van der Waals surface area contributed by atoms with E-state index in [2.05, 4.69) is 34.6 Å². The van der Waals surface area contributed by atoms with Crippen molar-refractivity contribution < 1.29 is 9.22 Å². The highest BCUT2D eigenvalue weighted by molar-refractivity contribution is 14.0. The third kappa shape index (κ3) is 7.12. The summed E-state index contributed by atoms with van der Waals surface area (Å²) in [5, 5.41) is 0. The number of benzene rings is 1. The number of fused-ring (bicyclic) bond motifs is 1. The Hall–Kier alpha value is -0.0200. The van der Waals surface area contributed by atoms with E-state index < -0.39 is 0 Å². The second-order valence-electron chi connectivity index (χ2n) is 5.54. The van der Waals surface area contributed by atoms with Crippen molar-refractivity contribution in [3.05, 3.63) is 36.7 Å². The van der Waals surface area contributed by atoms with Crippen LogP contribution in [0.3, 0.4) is 0 Å². The van der Waals surface area contributed by atoms with Gasteiger partial charge in [-0.2, -0.15) is 0 Å². The van der Waals surface area contributed by atoms with Gasteiger partial charge in [0.25, 0.3) is 0 Å². The first-order valence-electron chi connectivity index (χ1n) is 6.35. The SMILES string of the molecule is C=C1Oc2ccccc2N1C.CCC[N+](C)(C)C.I.I. The molecule has 0 saturated carbocycles. The summed E-state index contributed by atoms with van der Waals surface area (Å²) in [4.78, 5) is 1.93. The molecular formula is C15H27I2N2O+. The smallest absolute Gasteiger partial charge is 0.193 e. The van der Waals surface area contributed by atoms with Crippen molar-refractivity contribution in [2.24, 2.45) is 0 Å². The maximum Gasteiger partial charge on any atom is 0.193 e. The molecule has 0 radical (unpaired) electrons. The summed E-state index contributed by atoms with van der Waals surface area (Å²) in [5.74, 6) is 1.58. The Morgan fingerprint density at radius 3 is 2.10 bits per heavy atom. The number of hydrogen-bond acceptors (Lipinski definition) is 2. The molecule has 0 aliphatic carbocycles. The van der Waals surface area contributed by atoms with Crippen LogP contribution in [0.15, 0.2) is 36.7 Å². The normalized spacial score (nSPS) is 12.2.